The second-order valence-corrected chi connectivity index (χ2v) is 8.24. The van der Waals surface area contributed by atoms with E-state index < -0.39 is 0 Å². The molecule has 1 fully saturated rings. The van der Waals surface area contributed by atoms with Crippen molar-refractivity contribution in [1.82, 2.24) is 9.80 Å². The fourth-order valence-electron chi connectivity index (χ4n) is 3.52. The Labute approximate surface area is 181 Å². The highest BCUT2D eigenvalue weighted by molar-refractivity contribution is 6.33. The number of amides is 2. The molecular formula is C23H26ClFN2O3. The highest BCUT2D eigenvalue weighted by Crippen LogP contribution is 2.19. The standard InChI is InChI=1S/C23H26ClFN2O3/c1-16(2)13-27(22(28)17-7-9-18(25)10-8-17)15-19-14-26(11-12-30-19)23(29)20-5-3-4-6-21(20)24/h3-10,16,19H,11-15H2,1-2H3. The number of benzene rings is 2. The lowest BCUT2D eigenvalue weighted by atomic mass is 10.1. The molecule has 2 aromatic carbocycles. The Morgan fingerprint density at radius 1 is 1.20 bits per heavy atom. The van der Waals surface area contributed by atoms with Crippen LogP contribution in [0.2, 0.25) is 5.02 Å². The maximum absolute atomic E-state index is 13.2. The smallest absolute Gasteiger partial charge is 0.255 e. The van der Waals surface area contributed by atoms with Crippen molar-refractivity contribution in [1.29, 1.82) is 0 Å². The minimum Gasteiger partial charge on any atom is -0.373 e. The zero-order valence-electron chi connectivity index (χ0n) is 17.2. The molecule has 2 amide bonds. The van der Waals surface area contributed by atoms with E-state index >= 15 is 0 Å². The van der Waals surface area contributed by atoms with Crippen molar-refractivity contribution in [2.24, 2.45) is 5.92 Å². The van der Waals surface area contributed by atoms with E-state index in [1.54, 1.807) is 34.1 Å². The molecule has 0 radical (unpaired) electrons. The average molecular weight is 433 g/mol. The quantitative estimate of drug-likeness (QED) is 0.690. The van der Waals surface area contributed by atoms with E-state index in [4.69, 9.17) is 16.3 Å². The Balaban J connectivity index is 1.71. The first-order valence-electron chi connectivity index (χ1n) is 10.1. The van der Waals surface area contributed by atoms with Crippen molar-refractivity contribution >= 4 is 23.4 Å². The number of halogens is 2. The van der Waals surface area contributed by atoms with Gasteiger partial charge in [-0.3, -0.25) is 9.59 Å². The molecule has 5 nitrogen and oxygen atoms in total. The number of rotatable bonds is 6. The molecule has 30 heavy (non-hydrogen) atoms. The number of morpholine rings is 1. The normalized spacial score (nSPS) is 16.6. The first-order valence-corrected chi connectivity index (χ1v) is 10.4. The van der Waals surface area contributed by atoms with Crippen molar-refractivity contribution in [3.8, 4) is 0 Å². The number of nitrogens with zero attached hydrogens (tertiary/aromatic N) is 2. The lowest BCUT2D eigenvalue weighted by Gasteiger charge is -2.36. The maximum atomic E-state index is 13.2. The van der Waals surface area contributed by atoms with Crippen LogP contribution < -0.4 is 0 Å². The molecule has 0 spiro atoms. The molecule has 0 saturated carbocycles. The molecule has 3 rings (SSSR count). The van der Waals surface area contributed by atoms with Gasteiger partial charge in [0.2, 0.25) is 0 Å². The third-order valence-electron chi connectivity index (χ3n) is 4.92. The van der Waals surface area contributed by atoms with Crippen LogP contribution in [0.25, 0.3) is 0 Å². The van der Waals surface area contributed by atoms with Gasteiger partial charge in [-0.15, -0.1) is 0 Å². The van der Waals surface area contributed by atoms with E-state index in [1.807, 2.05) is 13.8 Å². The molecule has 2 aromatic rings. The lowest BCUT2D eigenvalue weighted by molar-refractivity contribution is -0.0340. The van der Waals surface area contributed by atoms with Crippen molar-refractivity contribution < 1.29 is 18.7 Å². The Kier molecular flexibility index (Phi) is 7.45. The van der Waals surface area contributed by atoms with E-state index in [-0.39, 0.29) is 29.7 Å². The molecule has 0 aromatic heterocycles. The van der Waals surface area contributed by atoms with Crippen LogP contribution in [0.5, 0.6) is 0 Å². The number of hydrogen-bond donors (Lipinski definition) is 0. The van der Waals surface area contributed by atoms with Gasteiger partial charge in [0.15, 0.2) is 0 Å². The molecule has 1 saturated heterocycles. The van der Waals surface area contributed by atoms with E-state index in [1.165, 1.54) is 24.3 Å². The molecular weight excluding hydrogens is 407 g/mol. The fraction of sp³-hybridized carbons (Fsp3) is 0.391. The third-order valence-corrected chi connectivity index (χ3v) is 5.25. The third kappa shape index (κ3) is 5.58. The Morgan fingerprint density at radius 3 is 2.57 bits per heavy atom. The number of carbonyl (C=O) groups excluding carboxylic acids is 2. The maximum Gasteiger partial charge on any atom is 0.255 e. The summed E-state index contributed by atoms with van der Waals surface area (Å²) in [6.07, 6.45) is -0.312. The minimum atomic E-state index is -0.383. The van der Waals surface area contributed by atoms with Crippen LogP contribution in [0, 0.1) is 11.7 Å². The SMILES string of the molecule is CC(C)CN(CC1CN(C(=O)c2ccccc2Cl)CCO1)C(=O)c1ccc(F)cc1. The Morgan fingerprint density at radius 2 is 1.90 bits per heavy atom. The van der Waals surface area contributed by atoms with Gasteiger partial charge in [0.05, 0.1) is 23.3 Å². The van der Waals surface area contributed by atoms with Gasteiger partial charge in [-0.25, -0.2) is 4.39 Å². The molecule has 1 unspecified atom stereocenters. The summed E-state index contributed by atoms with van der Waals surface area (Å²) < 4.78 is 19.1. The van der Waals surface area contributed by atoms with E-state index in [0.29, 0.717) is 48.9 Å². The number of hydrogen-bond acceptors (Lipinski definition) is 3. The summed E-state index contributed by atoms with van der Waals surface area (Å²) in [7, 11) is 0. The summed E-state index contributed by atoms with van der Waals surface area (Å²) in [5.74, 6) is -0.457. The number of ether oxygens (including phenoxy) is 1. The van der Waals surface area contributed by atoms with Crippen LogP contribution in [-0.2, 0) is 4.74 Å². The Bertz CT molecular complexity index is 888. The predicted octanol–water partition coefficient (Wildman–Crippen LogP) is 4.12. The van der Waals surface area contributed by atoms with E-state index in [2.05, 4.69) is 0 Å². The molecule has 0 aliphatic carbocycles. The Hall–Kier alpha value is -2.44. The molecule has 0 N–H and O–H groups in total. The largest absolute Gasteiger partial charge is 0.373 e. The van der Waals surface area contributed by atoms with Crippen LogP contribution in [0.3, 0.4) is 0 Å². The lowest BCUT2D eigenvalue weighted by Crippen LogP contribution is -2.51. The van der Waals surface area contributed by atoms with E-state index in [9.17, 15) is 14.0 Å². The van der Waals surface area contributed by atoms with Gasteiger partial charge in [0, 0.05) is 31.7 Å². The molecule has 1 aliphatic heterocycles. The van der Waals surface area contributed by atoms with Gasteiger partial charge in [-0.2, -0.15) is 0 Å². The molecule has 1 aliphatic rings. The summed E-state index contributed by atoms with van der Waals surface area (Å²) in [6, 6.07) is 12.5. The molecule has 7 heteroatoms. The minimum absolute atomic E-state index is 0.144. The summed E-state index contributed by atoms with van der Waals surface area (Å²) in [6.45, 7) is 6.17. The zero-order valence-corrected chi connectivity index (χ0v) is 17.9. The summed E-state index contributed by atoms with van der Waals surface area (Å²) in [4.78, 5) is 29.3. The van der Waals surface area contributed by atoms with Gasteiger partial charge in [-0.05, 0) is 42.3 Å². The molecule has 160 valence electrons. The summed E-state index contributed by atoms with van der Waals surface area (Å²) in [5, 5.41) is 0.415. The van der Waals surface area contributed by atoms with E-state index in [0.717, 1.165) is 0 Å². The van der Waals surface area contributed by atoms with Crippen LogP contribution in [0.4, 0.5) is 4.39 Å². The van der Waals surface area contributed by atoms with Crippen molar-refractivity contribution in [2.45, 2.75) is 20.0 Å². The van der Waals surface area contributed by atoms with Gasteiger partial charge in [0.25, 0.3) is 11.8 Å². The van der Waals surface area contributed by atoms with Crippen LogP contribution >= 0.6 is 11.6 Å². The predicted molar refractivity (Wildman–Crippen MR) is 114 cm³/mol. The van der Waals surface area contributed by atoms with Gasteiger partial charge >= 0.3 is 0 Å². The second kappa shape index (κ2) is 10.0. The van der Waals surface area contributed by atoms with Crippen LogP contribution in [-0.4, -0.2) is 60.5 Å². The number of carbonyl (C=O) groups is 2. The molecule has 0 bridgehead atoms. The molecule has 1 atom stereocenters. The van der Waals surface area contributed by atoms with Gasteiger partial charge in [0.1, 0.15) is 5.82 Å². The second-order valence-electron chi connectivity index (χ2n) is 7.83. The highest BCUT2D eigenvalue weighted by atomic mass is 35.5. The van der Waals surface area contributed by atoms with Crippen molar-refractivity contribution in [3.63, 3.8) is 0 Å². The van der Waals surface area contributed by atoms with Crippen molar-refractivity contribution in [3.05, 3.63) is 70.5 Å². The monoisotopic (exact) mass is 432 g/mol. The first-order chi connectivity index (χ1) is 14.3. The topological polar surface area (TPSA) is 49.9 Å². The van der Waals surface area contributed by atoms with Crippen molar-refractivity contribution in [2.75, 3.05) is 32.8 Å². The summed E-state index contributed by atoms with van der Waals surface area (Å²) >= 11 is 6.18. The van der Waals surface area contributed by atoms with Crippen LogP contribution in [0.1, 0.15) is 34.6 Å². The highest BCUT2D eigenvalue weighted by Gasteiger charge is 2.29. The molecule has 1 heterocycles. The first kappa shape index (κ1) is 22.2. The van der Waals surface area contributed by atoms with Gasteiger partial charge < -0.3 is 14.5 Å². The zero-order chi connectivity index (χ0) is 21.7. The summed E-state index contributed by atoms with van der Waals surface area (Å²) in [5.41, 5.74) is 0.887. The average Bonchev–Trinajstić information content (AvgIpc) is 2.73. The van der Waals surface area contributed by atoms with Gasteiger partial charge in [-0.1, -0.05) is 37.6 Å². The van der Waals surface area contributed by atoms with Crippen LogP contribution in [0.15, 0.2) is 48.5 Å². The fourth-order valence-corrected chi connectivity index (χ4v) is 3.74.